The lowest BCUT2D eigenvalue weighted by molar-refractivity contribution is 0.372. The van der Waals surface area contributed by atoms with Crippen LogP contribution in [-0.2, 0) is 20.0 Å². The quantitative estimate of drug-likeness (QED) is 0.342. The summed E-state index contributed by atoms with van der Waals surface area (Å²) >= 11 is 18.5. The summed E-state index contributed by atoms with van der Waals surface area (Å²) in [6.07, 6.45) is 4.46. The first kappa shape index (κ1) is 27.6. The van der Waals surface area contributed by atoms with Gasteiger partial charge in [0.25, 0.3) is 10.0 Å². The molecular weight excluding hydrogens is 539 g/mol. The molecule has 0 heterocycles. The van der Waals surface area contributed by atoms with Gasteiger partial charge < -0.3 is 0 Å². The largest absolute Gasteiger partial charge is 0.264 e. The lowest BCUT2D eigenvalue weighted by Gasteiger charge is -2.32. The van der Waals surface area contributed by atoms with Gasteiger partial charge in [0.2, 0.25) is 10.0 Å². The lowest BCUT2D eigenvalue weighted by atomic mass is 10.2. The van der Waals surface area contributed by atoms with Crippen LogP contribution in [0.25, 0.3) is 0 Å². The van der Waals surface area contributed by atoms with Crippen LogP contribution in [-0.4, -0.2) is 46.0 Å². The predicted octanol–water partition coefficient (Wildman–Crippen LogP) is 6.22. The fourth-order valence-electron chi connectivity index (χ4n) is 4.30. The zero-order valence-electron chi connectivity index (χ0n) is 19.1. The van der Waals surface area contributed by atoms with Crippen LogP contribution in [0, 0.1) is 0 Å². The molecule has 0 aromatic heterocycles. The molecule has 34 heavy (non-hydrogen) atoms. The molecular formula is C23H29Cl3N2O4S2. The van der Waals surface area contributed by atoms with Crippen molar-refractivity contribution in [3.63, 3.8) is 0 Å². The van der Waals surface area contributed by atoms with Gasteiger partial charge >= 0.3 is 0 Å². The van der Waals surface area contributed by atoms with Crippen LogP contribution in [0.3, 0.4) is 0 Å². The van der Waals surface area contributed by atoms with Crippen LogP contribution in [0.15, 0.2) is 47.4 Å². The highest BCUT2D eigenvalue weighted by atomic mass is 35.5. The van der Waals surface area contributed by atoms with Crippen LogP contribution in [0.4, 0.5) is 5.69 Å². The summed E-state index contributed by atoms with van der Waals surface area (Å²) in [5, 5.41) is 0.974. The Morgan fingerprint density at radius 2 is 1.53 bits per heavy atom. The highest BCUT2D eigenvalue weighted by Gasteiger charge is 2.32. The normalized spacial score (nSPS) is 16.2. The van der Waals surface area contributed by atoms with Gasteiger partial charge in [-0.2, -0.15) is 0 Å². The first-order chi connectivity index (χ1) is 15.9. The Balaban J connectivity index is 1.84. The first-order valence-corrected chi connectivity index (χ1v) is 15.3. The molecule has 1 saturated carbocycles. The maximum atomic E-state index is 13.6. The van der Waals surface area contributed by atoms with Crippen LogP contribution in [0.5, 0.6) is 0 Å². The Hall–Kier alpha value is -1.03. The van der Waals surface area contributed by atoms with E-state index >= 15 is 0 Å². The number of anilines is 1. The van der Waals surface area contributed by atoms with E-state index < -0.39 is 26.1 Å². The zero-order valence-corrected chi connectivity index (χ0v) is 23.0. The van der Waals surface area contributed by atoms with Gasteiger partial charge in [-0.15, -0.1) is 0 Å². The molecule has 1 aliphatic rings. The Morgan fingerprint density at radius 3 is 2.15 bits per heavy atom. The first-order valence-electron chi connectivity index (χ1n) is 11.1. The van der Waals surface area contributed by atoms with Crippen LogP contribution in [0.2, 0.25) is 15.1 Å². The highest BCUT2D eigenvalue weighted by Crippen LogP contribution is 2.36. The summed E-state index contributed by atoms with van der Waals surface area (Å²) in [6, 6.07) is 9.95. The SMILES string of the molecule is C[C@H](CCCS(=O)(=O)N(C)C1CCCC1)N(c1cc(Cl)ccc1Cl)S(=O)(=O)c1ccc(Cl)cc1. The predicted molar refractivity (Wildman–Crippen MR) is 140 cm³/mol. The molecule has 6 nitrogen and oxygen atoms in total. The molecule has 1 atom stereocenters. The van der Waals surface area contributed by atoms with Gasteiger partial charge in [-0.05, 0) is 75.1 Å². The fourth-order valence-corrected chi connectivity index (χ4v) is 8.03. The van der Waals surface area contributed by atoms with E-state index in [1.807, 2.05) is 0 Å². The Morgan fingerprint density at radius 1 is 0.941 bits per heavy atom. The molecule has 0 aliphatic heterocycles. The molecule has 11 heteroatoms. The summed E-state index contributed by atoms with van der Waals surface area (Å²) in [5.41, 5.74) is 0.238. The topological polar surface area (TPSA) is 74.8 Å². The number of sulfonamides is 2. The van der Waals surface area contributed by atoms with Gasteiger partial charge in [0.05, 0.1) is 21.4 Å². The highest BCUT2D eigenvalue weighted by molar-refractivity contribution is 7.93. The van der Waals surface area contributed by atoms with E-state index in [9.17, 15) is 16.8 Å². The summed E-state index contributed by atoms with van der Waals surface area (Å²) in [4.78, 5) is 0.0494. The molecule has 0 saturated heterocycles. The third kappa shape index (κ3) is 6.39. The van der Waals surface area contributed by atoms with E-state index in [0.717, 1.165) is 25.7 Å². The molecule has 1 fully saturated rings. The molecule has 0 unspecified atom stereocenters. The standard InChI is InChI=1S/C23H29Cl3N2O4S2/c1-17(6-5-15-33(29,30)27(2)20-7-3-4-8-20)28(23-16-19(25)11-14-22(23)26)34(31,32)21-12-9-18(24)10-13-21/h9-14,16-17,20H,3-8,15H2,1-2H3/t17-/m1/s1. The van der Waals surface area contributed by atoms with E-state index in [0.29, 0.717) is 22.9 Å². The van der Waals surface area contributed by atoms with Crippen molar-refractivity contribution in [2.45, 2.75) is 62.4 Å². The third-order valence-corrected chi connectivity index (χ3v) is 10.9. The van der Waals surface area contributed by atoms with Crippen LogP contribution >= 0.6 is 34.8 Å². The van der Waals surface area contributed by atoms with Crippen molar-refractivity contribution in [2.24, 2.45) is 0 Å². The molecule has 3 rings (SSSR count). The maximum absolute atomic E-state index is 13.6. The second kappa shape index (κ2) is 11.4. The smallest absolute Gasteiger partial charge is 0.262 e. The van der Waals surface area contributed by atoms with Crippen molar-refractivity contribution in [3.05, 3.63) is 57.5 Å². The Labute approximate surface area is 217 Å². The fraction of sp³-hybridized carbons (Fsp3) is 0.478. The van der Waals surface area contributed by atoms with E-state index in [2.05, 4.69) is 0 Å². The molecule has 0 radical (unpaired) electrons. The minimum atomic E-state index is -4.03. The number of halogens is 3. The Kier molecular flexibility index (Phi) is 9.20. The van der Waals surface area contributed by atoms with Crippen LogP contribution < -0.4 is 4.31 Å². The summed E-state index contributed by atoms with van der Waals surface area (Å²) in [6.45, 7) is 1.73. The van der Waals surface area contributed by atoms with Gasteiger partial charge in [0.15, 0.2) is 0 Å². The second-order valence-electron chi connectivity index (χ2n) is 8.61. The molecule has 0 spiro atoms. The van der Waals surface area contributed by atoms with Crippen molar-refractivity contribution < 1.29 is 16.8 Å². The molecule has 0 bridgehead atoms. The van der Waals surface area contributed by atoms with Gasteiger partial charge in [0.1, 0.15) is 0 Å². The minimum absolute atomic E-state index is 0.0494. The van der Waals surface area contributed by atoms with Crippen LogP contribution in [0.1, 0.15) is 45.4 Å². The van der Waals surface area contributed by atoms with E-state index in [1.54, 1.807) is 20.0 Å². The number of rotatable bonds is 10. The molecule has 0 N–H and O–H groups in total. The number of nitrogens with zero attached hydrogens (tertiary/aromatic N) is 2. The van der Waals surface area contributed by atoms with Gasteiger partial charge in [0, 0.05) is 29.2 Å². The summed E-state index contributed by atoms with van der Waals surface area (Å²) in [5.74, 6) is -0.0531. The minimum Gasteiger partial charge on any atom is -0.262 e. The zero-order chi connectivity index (χ0) is 25.1. The van der Waals surface area contributed by atoms with Gasteiger partial charge in [-0.3, -0.25) is 4.31 Å². The number of hydrogen-bond donors (Lipinski definition) is 0. The molecule has 188 valence electrons. The Bertz CT molecular complexity index is 1200. The van der Waals surface area contributed by atoms with Gasteiger partial charge in [-0.1, -0.05) is 47.6 Å². The molecule has 1 aliphatic carbocycles. The summed E-state index contributed by atoms with van der Waals surface area (Å²) < 4.78 is 55.7. The average Bonchev–Trinajstić information content (AvgIpc) is 3.30. The molecule has 2 aromatic carbocycles. The number of hydrogen-bond acceptors (Lipinski definition) is 4. The summed E-state index contributed by atoms with van der Waals surface area (Å²) in [7, 11) is -5.83. The van der Waals surface area contributed by atoms with E-state index in [1.165, 1.54) is 45.0 Å². The van der Waals surface area contributed by atoms with E-state index in [-0.39, 0.29) is 27.4 Å². The van der Waals surface area contributed by atoms with Crippen molar-refractivity contribution in [1.82, 2.24) is 4.31 Å². The van der Waals surface area contributed by atoms with Gasteiger partial charge in [-0.25, -0.2) is 21.1 Å². The lowest BCUT2D eigenvalue weighted by Crippen LogP contribution is -2.40. The third-order valence-electron chi connectivity index (χ3n) is 6.22. The molecule has 2 aromatic rings. The van der Waals surface area contributed by atoms with Crippen molar-refractivity contribution in [1.29, 1.82) is 0 Å². The van der Waals surface area contributed by atoms with Crippen molar-refractivity contribution in [3.8, 4) is 0 Å². The molecule has 0 amide bonds. The van der Waals surface area contributed by atoms with Crippen molar-refractivity contribution >= 4 is 60.5 Å². The maximum Gasteiger partial charge on any atom is 0.264 e. The monoisotopic (exact) mass is 566 g/mol. The van der Waals surface area contributed by atoms with Crippen molar-refractivity contribution in [2.75, 3.05) is 17.1 Å². The van der Waals surface area contributed by atoms with E-state index in [4.69, 9.17) is 34.8 Å². The average molecular weight is 568 g/mol. The number of benzene rings is 2. The second-order valence-corrected chi connectivity index (χ2v) is 13.9.